The summed E-state index contributed by atoms with van der Waals surface area (Å²) in [7, 11) is 0. The predicted molar refractivity (Wildman–Crippen MR) is 108 cm³/mol. The lowest BCUT2D eigenvalue weighted by Gasteiger charge is -2.11. The van der Waals surface area contributed by atoms with Crippen LogP contribution >= 0.6 is 11.6 Å². The van der Waals surface area contributed by atoms with Crippen molar-refractivity contribution in [1.82, 2.24) is 20.2 Å². The first-order chi connectivity index (χ1) is 15.2. The number of halogens is 4. The van der Waals surface area contributed by atoms with Crippen LogP contribution in [-0.2, 0) is 6.18 Å². The minimum Gasteiger partial charge on any atom is -0.477 e. The van der Waals surface area contributed by atoms with E-state index < -0.39 is 22.7 Å². The van der Waals surface area contributed by atoms with Crippen molar-refractivity contribution in [3.05, 3.63) is 71.0 Å². The third-order valence-corrected chi connectivity index (χ3v) is 4.47. The number of nitrogens with zero attached hydrogens (tertiary/aromatic N) is 4. The van der Waals surface area contributed by atoms with E-state index in [4.69, 9.17) is 21.4 Å². The van der Waals surface area contributed by atoms with Gasteiger partial charge in [0.05, 0.1) is 16.1 Å². The second-order valence-electron chi connectivity index (χ2n) is 6.39. The Kier molecular flexibility index (Phi) is 5.49. The summed E-state index contributed by atoms with van der Waals surface area (Å²) in [5.41, 5.74) is -0.304. The molecule has 8 nitrogen and oxygen atoms in total. The average Bonchev–Trinajstić information content (AvgIpc) is 2.74. The fraction of sp³-hybridized carbons (Fsp3) is 0.0500. The molecule has 0 unspecified atom stereocenters. The lowest BCUT2D eigenvalue weighted by Crippen LogP contribution is -2.07. The Morgan fingerprint density at radius 3 is 2.53 bits per heavy atom. The molecule has 32 heavy (non-hydrogen) atoms. The molecule has 2 N–H and O–H groups in total. The van der Waals surface area contributed by atoms with Crippen LogP contribution in [0.4, 0.5) is 24.8 Å². The largest absolute Gasteiger partial charge is 0.477 e. The normalized spacial score (nSPS) is 11.4. The zero-order valence-corrected chi connectivity index (χ0v) is 16.5. The zero-order valence-electron chi connectivity index (χ0n) is 15.8. The van der Waals surface area contributed by atoms with Gasteiger partial charge in [0.1, 0.15) is 17.0 Å². The van der Waals surface area contributed by atoms with Crippen molar-refractivity contribution in [2.75, 3.05) is 5.32 Å². The topological polar surface area (TPSA) is 110 Å². The van der Waals surface area contributed by atoms with Gasteiger partial charge in [0.25, 0.3) is 0 Å². The van der Waals surface area contributed by atoms with Crippen LogP contribution in [0.5, 0.6) is 11.5 Å². The summed E-state index contributed by atoms with van der Waals surface area (Å²) in [6.07, 6.45) is -3.30. The van der Waals surface area contributed by atoms with Crippen LogP contribution in [0.25, 0.3) is 11.0 Å². The van der Waals surface area contributed by atoms with Gasteiger partial charge in [-0.15, -0.1) is 10.2 Å². The van der Waals surface area contributed by atoms with E-state index in [0.717, 1.165) is 12.1 Å². The van der Waals surface area contributed by atoms with Crippen LogP contribution < -0.4 is 10.1 Å². The molecule has 2 aromatic carbocycles. The molecule has 12 heteroatoms. The number of anilines is 2. The smallest absolute Gasteiger partial charge is 0.417 e. The monoisotopic (exact) mass is 461 g/mol. The summed E-state index contributed by atoms with van der Waals surface area (Å²) in [6.45, 7) is 0. The number of rotatable bonds is 5. The van der Waals surface area contributed by atoms with Crippen molar-refractivity contribution in [1.29, 1.82) is 0 Å². The Morgan fingerprint density at radius 2 is 1.78 bits per heavy atom. The van der Waals surface area contributed by atoms with Gasteiger partial charge in [-0.2, -0.15) is 13.2 Å². The quantitative estimate of drug-likeness (QED) is 0.410. The van der Waals surface area contributed by atoms with Crippen LogP contribution in [0.2, 0.25) is 5.02 Å². The Hall–Kier alpha value is -3.99. The van der Waals surface area contributed by atoms with Gasteiger partial charge in [-0.1, -0.05) is 11.6 Å². The number of aromatic nitrogens is 4. The zero-order chi connectivity index (χ0) is 22.9. The number of aromatic carboxylic acids is 1. The SMILES string of the molecule is O=C(O)c1cc(Oc2ccc3nc(Nc4ccc(Cl)c(C(F)(F)F)c4)nnc3c2)ccn1. The highest BCUT2D eigenvalue weighted by atomic mass is 35.5. The molecule has 0 radical (unpaired) electrons. The summed E-state index contributed by atoms with van der Waals surface area (Å²) in [4.78, 5) is 19.0. The maximum absolute atomic E-state index is 13.0. The highest BCUT2D eigenvalue weighted by Gasteiger charge is 2.33. The number of hydrogen-bond donors (Lipinski definition) is 2. The first-order valence-corrected chi connectivity index (χ1v) is 9.22. The number of carbonyl (C=O) groups is 1. The molecule has 0 aliphatic rings. The van der Waals surface area contributed by atoms with Crippen molar-refractivity contribution in [2.24, 2.45) is 0 Å². The molecular weight excluding hydrogens is 451 g/mol. The van der Waals surface area contributed by atoms with E-state index in [1.54, 1.807) is 12.1 Å². The van der Waals surface area contributed by atoms with E-state index in [2.05, 4.69) is 25.5 Å². The van der Waals surface area contributed by atoms with E-state index in [0.29, 0.717) is 16.8 Å². The highest BCUT2D eigenvalue weighted by molar-refractivity contribution is 6.31. The van der Waals surface area contributed by atoms with E-state index >= 15 is 0 Å². The average molecular weight is 462 g/mol. The van der Waals surface area contributed by atoms with Crippen LogP contribution in [-0.4, -0.2) is 31.2 Å². The summed E-state index contributed by atoms with van der Waals surface area (Å²) >= 11 is 5.62. The van der Waals surface area contributed by atoms with Gasteiger partial charge in [-0.25, -0.2) is 14.8 Å². The fourth-order valence-electron chi connectivity index (χ4n) is 2.71. The van der Waals surface area contributed by atoms with Crippen LogP contribution in [0.15, 0.2) is 54.7 Å². The molecule has 0 aliphatic carbocycles. The number of pyridine rings is 1. The van der Waals surface area contributed by atoms with Gasteiger partial charge in [0.2, 0.25) is 5.95 Å². The molecule has 0 atom stereocenters. The van der Waals surface area contributed by atoms with Gasteiger partial charge in [-0.3, -0.25) is 0 Å². The van der Waals surface area contributed by atoms with Crippen LogP contribution in [0.3, 0.4) is 0 Å². The van der Waals surface area contributed by atoms with Crippen molar-refractivity contribution in [3.8, 4) is 11.5 Å². The molecule has 0 aliphatic heterocycles. The molecule has 0 fully saturated rings. The number of benzene rings is 2. The lowest BCUT2D eigenvalue weighted by atomic mass is 10.2. The molecular formula is C20H11ClF3N5O3. The fourth-order valence-corrected chi connectivity index (χ4v) is 2.93. The summed E-state index contributed by atoms with van der Waals surface area (Å²) in [5.74, 6) is -0.586. The molecule has 0 saturated heterocycles. The highest BCUT2D eigenvalue weighted by Crippen LogP contribution is 2.36. The van der Waals surface area contributed by atoms with Gasteiger partial charge < -0.3 is 15.2 Å². The molecule has 2 aromatic heterocycles. The molecule has 0 spiro atoms. The number of alkyl halides is 3. The van der Waals surface area contributed by atoms with Crippen molar-refractivity contribution < 1.29 is 27.8 Å². The van der Waals surface area contributed by atoms with Gasteiger partial charge in [-0.05, 0) is 36.4 Å². The van der Waals surface area contributed by atoms with Crippen LogP contribution in [0, 0.1) is 0 Å². The maximum atomic E-state index is 13.0. The molecule has 4 rings (SSSR count). The number of ether oxygens (including phenoxy) is 1. The summed E-state index contributed by atoms with van der Waals surface area (Å²) < 4.78 is 44.7. The van der Waals surface area contributed by atoms with E-state index in [1.807, 2.05) is 0 Å². The summed E-state index contributed by atoms with van der Waals surface area (Å²) in [5, 5.41) is 19.1. The maximum Gasteiger partial charge on any atom is 0.417 e. The van der Waals surface area contributed by atoms with Gasteiger partial charge in [0.15, 0.2) is 5.69 Å². The molecule has 4 aromatic rings. The van der Waals surface area contributed by atoms with E-state index in [1.165, 1.54) is 30.5 Å². The first kappa shape index (κ1) is 21.2. The Labute approximate surface area is 182 Å². The Bertz CT molecular complexity index is 1330. The number of nitrogens with one attached hydrogen (secondary N) is 1. The van der Waals surface area contributed by atoms with E-state index in [-0.39, 0.29) is 23.1 Å². The molecule has 162 valence electrons. The Balaban J connectivity index is 1.56. The van der Waals surface area contributed by atoms with Gasteiger partial charge in [0, 0.05) is 24.0 Å². The second-order valence-corrected chi connectivity index (χ2v) is 6.79. The van der Waals surface area contributed by atoms with Crippen molar-refractivity contribution >= 4 is 40.2 Å². The summed E-state index contributed by atoms with van der Waals surface area (Å²) in [6, 6.07) is 10.8. The van der Waals surface area contributed by atoms with Crippen LogP contribution in [0.1, 0.15) is 16.1 Å². The third kappa shape index (κ3) is 4.67. The number of carboxylic acids is 1. The lowest BCUT2D eigenvalue weighted by molar-refractivity contribution is -0.137. The first-order valence-electron chi connectivity index (χ1n) is 8.84. The Morgan fingerprint density at radius 1 is 1.00 bits per heavy atom. The minimum absolute atomic E-state index is 0.0122. The van der Waals surface area contributed by atoms with Crippen molar-refractivity contribution in [3.63, 3.8) is 0 Å². The third-order valence-electron chi connectivity index (χ3n) is 4.14. The number of hydrogen-bond acceptors (Lipinski definition) is 7. The second kappa shape index (κ2) is 8.27. The number of fused-ring (bicyclic) bond motifs is 1. The standard InChI is InChI=1S/C20H11ClF3N5O3/c21-14-3-1-10(7-13(14)20(22,23)24)26-19-27-15-4-2-11(8-16(15)28-29-19)32-12-5-6-25-17(9-12)18(30)31/h1-9H,(H,30,31)(H,26,27,29). The predicted octanol–water partition coefficient (Wildman–Crippen LogP) is 5.33. The molecule has 0 bridgehead atoms. The molecule has 2 heterocycles. The van der Waals surface area contributed by atoms with Crippen molar-refractivity contribution in [2.45, 2.75) is 6.18 Å². The molecule has 0 amide bonds. The van der Waals surface area contributed by atoms with Gasteiger partial charge >= 0.3 is 12.1 Å². The number of carboxylic acid groups (broad SMARTS) is 1. The molecule has 0 saturated carbocycles. The van der Waals surface area contributed by atoms with E-state index in [9.17, 15) is 18.0 Å². The minimum atomic E-state index is -4.60.